The van der Waals surface area contributed by atoms with E-state index in [1.807, 2.05) is 11.9 Å². The molecule has 16 heteroatoms. The van der Waals surface area contributed by atoms with Gasteiger partial charge in [0.25, 0.3) is 5.56 Å². The third kappa shape index (κ3) is 6.41. The summed E-state index contributed by atoms with van der Waals surface area (Å²) in [6.45, 7) is 0.779. The number of tetrazole rings is 1. The summed E-state index contributed by atoms with van der Waals surface area (Å²) in [4.78, 5) is 43.5. The zero-order chi connectivity index (χ0) is 31.4. The number of carbonyl (C=O) groups excluding carboxylic acids is 1. The van der Waals surface area contributed by atoms with Crippen molar-refractivity contribution in [3.05, 3.63) is 92.4 Å². The fraction of sp³-hybridized carbons (Fsp3) is 0.286. The van der Waals surface area contributed by atoms with Gasteiger partial charge in [-0.3, -0.25) is 18.8 Å². The first kappa shape index (κ1) is 30.7. The number of thiophene rings is 1. The van der Waals surface area contributed by atoms with Crippen molar-refractivity contribution >= 4 is 33.3 Å². The number of anilines is 1. The number of hydrogen-bond acceptors (Lipinski definition) is 9. The summed E-state index contributed by atoms with van der Waals surface area (Å²) in [5, 5.41) is 14.2. The molecule has 5 aromatic rings. The Morgan fingerprint density at radius 1 is 1.07 bits per heavy atom. The fourth-order valence-electron chi connectivity index (χ4n) is 4.80. The number of nitrogens with one attached hydrogen (secondary N) is 1. The smallest absolute Gasteiger partial charge is 0.332 e. The summed E-state index contributed by atoms with van der Waals surface area (Å²) in [6.07, 6.45) is 1.23. The molecule has 2 aromatic carbocycles. The largest absolute Gasteiger partial charge is 0.383 e. The Labute approximate surface area is 253 Å². The van der Waals surface area contributed by atoms with Crippen molar-refractivity contribution in [3.63, 3.8) is 0 Å². The third-order valence-electron chi connectivity index (χ3n) is 6.97. The number of methoxy groups -OCH3 is 1. The maximum absolute atomic E-state index is 14.8. The van der Waals surface area contributed by atoms with E-state index >= 15 is 0 Å². The molecule has 0 bridgehead atoms. The first-order valence-corrected chi connectivity index (χ1v) is 14.3. The van der Waals surface area contributed by atoms with Crippen LogP contribution in [0.15, 0.2) is 58.4 Å². The second-order valence-corrected chi connectivity index (χ2v) is 10.9. The van der Waals surface area contributed by atoms with Crippen LogP contribution >= 0.6 is 11.3 Å². The predicted molar refractivity (Wildman–Crippen MR) is 160 cm³/mol. The topological polar surface area (TPSA) is 155 Å². The lowest BCUT2D eigenvalue weighted by molar-refractivity contribution is 0.159. The van der Waals surface area contributed by atoms with Crippen LogP contribution in [0.3, 0.4) is 0 Å². The zero-order valence-electron chi connectivity index (χ0n) is 23.9. The van der Waals surface area contributed by atoms with E-state index in [1.165, 1.54) is 33.1 Å². The Kier molecular flexibility index (Phi) is 9.22. The van der Waals surface area contributed by atoms with Crippen molar-refractivity contribution in [2.75, 3.05) is 32.6 Å². The lowest BCUT2D eigenvalue weighted by Gasteiger charge is -2.17. The Hall–Kier alpha value is -4.80. The van der Waals surface area contributed by atoms with Gasteiger partial charge in [0.1, 0.15) is 16.5 Å². The number of nitrogens with two attached hydrogens (primary N) is 1. The molecular weight excluding hydrogens is 596 g/mol. The highest BCUT2D eigenvalue weighted by molar-refractivity contribution is 7.22. The van der Waals surface area contributed by atoms with E-state index in [0.29, 0.717) is 41.4 Å². The number of amides is 2. The van der Waals surface area contributed by atoms with E-state index < -0.39 is 35.5 Å². The lowest BCUT2D eigenvalue weighted by atomic mass is 10.1. The summed E-state index contributed by atoms with van der Waals surface area (Å²) in [5.41, 5.74) is 5.44. The summed E-state index contributed by atoms with van der Waals surface area (Å²) in [7, 11) is 3.45. The van der Waals surface area contributed by atoms with Crippen molar-refractivity contribution in [1.29, 1.82) is 0 Å². The van der Waals surface area contributed by atoms with E-state index in [0.717, 1.165) is 16.7 Å². The average Bonchev–Trinajstić information content (AvgIpc) is 3.64. The molecule has 0 radical (unpaired) electrons. The van der Waals surface area contributed by atoms with E-state index in [4.69, 9.17) is 10.5 Å². The fourth-order valence-corrected chi connectivity index (χ4v) is 6.11. The molecule has 0 saturated carbocycles. The van der Waals surface area contributed by atoms with E-state index in [2.05, 4.69) is 20.7 Å². The van der Waals surface area contributed by atoms with Crippen LogP contribution in [0.4, 0.5) is 19.3 Å². The predicted octanol–water partition coefficient (Wildman–Crippen LogP) is 2.47. The van der Waals surface area contributed by atoms with Gasteiger partial charge < -0.3 is 15.8 Å². The normalized spacial score (nSPS) is 11.5. The highest BCUT2D eigenvalue weighted by atomic mass is 32.1. The summed E-state index contributed by atoms with van der Waals surface area (Å²) >= 11 is 1.17. The molecule has 0 atom stereocenters. The first-order chi connectivity index (χ1) is 21.2. The number of ether oxygens (including phenoxy) is 1. The van der Waals surface area contributed by atoms with Gasteiger partial charge >= 0.3 is 11.7 Å². The molecule has 5 rings (SSSR count). The second-order valence-electron chi connectivity index (χ2n) is 9.94. The van der Waals surface area contributed by atoms with Crippen molar-refractivity contribution in [2.45, 2.75) is 26.2 Å². The molecule has 0 unspecified atom stereocenters. The molecule has 3 heterocycles. The Balaban J connectivity index is 1.75. The number of nitrogens with zero attached hydrogens (tertiary/aromatic N) is 7. The van der Waals surface area contributed by atoms with Crippen LogP contribution in [-0.4, -0.2) is 67.6 Å². The molecule has 13 nitrogen and oxygen atoms in total. The van der Waals surface area contributed by atoms with Crippen LogP contribution < -0.4 is 22.3 Å². The number of fused-ring (bicyclic) bond motifs is 1. The first-order valence-electron chi connectivity index (χ1n) is 13.4. The molecule has 2 amide bonds. The number of halogens is 2. The number of carbonyl (C=O) groups is 1. The number of aromatic nitrogens is 6. The molecule has 0 aliphatic carbocycles. The van der Waals surface area contributed by atoms with Crippen LogP contribution in [0.5, 0.6) is 0 Å². The van der Waals surface area contributed by atoms with Gasteiger partial charge in [0.05, 0.1) is 31.6 Å². The summed E-state index contributed by atoms with van der Waals surface area (Å²) in [5.74, 6) is -1.63. The summed E-state index contributed by atoms with van der Waals surface area (Å²) < 4.78 is 37.2. The number of hydrogen-bond donors (Lipinski definition) is 2. The second kappa shape index (κ2) is 13.2. The molecule has 3 aromatic heterocycles. The SMILES string of the molecule is COCCN(C)Cc1c(-c2ccc(NC(N)=O)cc2)sc2c1c(=O)n(CCn1ncnn1)c(=O)n2Cc1c(F)cccc1F. The minimum Gasteiger partial charge on any atom is -0.383 e. The van der Waals surface area contributed by atoms with Crippen molar-refractivity contribution in [2.24, 2.45) is 5.73 Å². The molecule has 0 spiro atoms. The molecule has 3 N–H and O–H groups in total. The number of benzene rings is 2. The van der Waals surface area contributed by atoms with Gasteiger partial charge in [-0.05, 0) is 47.7 Å². The Bertz CT molecular complexity index is 1880. The highest BCUT2D eigenvalue weighted by Crippen LogP contribution is 2.38. The highest BCUT2D eigenvalue weighted by Gasteiger charge is 2.25. The maximum Gasteiger partial charge on any atom is 0.332 e. The molecular formula is C28H29F2N9O4S. The van der Waals surface area contributed by atoms with E-state index in [1.54, 1.807) is 31.4 Å². The van der Waals surface area contributed by atoms with E-state index in [-0.39, 0.29) is 28.9 Å². The summed E-state index contributed by atoms with van der Waals surface area (Å²) in [6, 6.07) is 9.58. The molecule has 0 aliphatic heterocycles. The van der Waals surface area contributed by atoms with Gasteiger partial charge in [-0.15, -0.1) is 21.5 Å². The molecule has 0 fully saturated rings. The van der Waals surface area contributed by atoms with Gasteiger partial charge in [-0.25, -0.2) is 18.4 Å². The van der Waals surface area contributed by atoms with Gasteiger partial charge in [0, 0.05) is 36.3 Å². The third-order valence-corrected chi connectivity index (χ3v) is 8.27. The van der Waals surface area contributed by atoms with Gasteiger partial charge in [-0.2, -0.15) is 4.80 Å². The monoisotopic (exact) mass is 625 g/mol. The number of likely N-dealkylation sites (N-methyl/N-ethyl adjacent to an activating group) is 1. The van der Waals surface area contributed by atoms with Gasteiger partial charge in [0.2, 0.25) is 0 Å². The number of urea groups is 1. The van der Waals surface area contributed by atoms with Gasteiger partial charge in [-0.1, -0.05) is 18.2 Å². The number of rotatable bonds is 12. The van der Waals surface area contributed by atoms with Gasteiger partial charge in [0.15, 0.2) is 6.33 Å². The minimum atomic E-state index is -0.816. The molecule has 0 aliphatic rings. The quantitative estimate of drug-likeness (QED) is 0.214. The zero-order valence-corrected chi connectivity index (χ0v) is 24.7. The Morgan fingerprint density at radius 2 is 1.80 bits per heavy atom. The molecule has 230 valence electrons. The van der Waals surface area contributed by atoms with Crippen molar-refractivity contribution in [3.8, 4) is 10.4 Å². The van der Waals surface area contributed by atoms with Crippen molar-refractivity contribution < 1.29 is 18.3 Å². The standard InChI is InChI=1S/C28H29F2N9O4S/c1-36(12-13-43-2)14-20-23-25(40)37(10-11-39-33-16-32-35-39)28(42)38(15-19-21(29)4-3-5-22(19)30)26(23)44-24(20)17-6-8-18(9-7-17)34-27(31)41/h3-9,16H,10-15H2,1-2H3,(H3,31,34,41). The van der Waals surface area contributed by atoms with Crippen LogP contribution in [0, 0.1) is 11.6 Å². The minimum absolute atomic E-state index is 0.0586. The van der Waals surface area contributed by atoms with Crippen LogP contribution in [0.1, 0.15) is 11.1 Å². The van der Waals surface area contributed by atoms with Crippen LogP contribution in [-0.2, 0) is 30.9 Å². The van der Waals surface area contributed by atoms with Crippen LogP contribution in [0.25, 0.3) is 20.7 Å². The maximum atomic E-state index is 14.8. The average molecular weight is 626 g/mol. The Morgan fingerprint density at radius 3 is 2.43 bits per heavy atom. The lowest BCUT2D eigenvalue weighted by Crippen LogP contribution is -2.41. The number of primary amides is 1. The molecule has 0 saturated heterocycles. The van der Waals surface area contributed by atoms with E-state index in [9.17, 15) is 23.2 Å². The van der Waals surface area contributed by atoms with Crippen molar-refractivity contribution in [1.82, 2.24) is 34.2 Å². The molecule has 44 heavy (non-hydrogen) atoms. The number of aryl methyl sites for hydroxylation is 1. The van der Waals surface area contributed by atoms with Crippen LogP contribution in [0.2, 0.25) is 0 Å².